The lowest BCUT2D eigenvalue weighted by Crippen LogP contribution is -2.13. The molecule has 68 valence electrons. The molecule has 0 aliphatic heterocycles. The highest BCUT2D eigenvalue weighted by Gasteiger charge is 2.29. The van der Waals surface area contributed by atoms with Crippen molar-refractivity contribution in [3.05, 3.63) is 17.5 Å². The van der Waals surface area contributed by atoms with Crippen LogP contribution in [0.15, 0.2) is 10.8 Å². The Labute approximate surface area is 68.6 Å². The maximum absolute atomic E-state index is 13.2. The Bertz CT molecular complexity index is 264. The van der Waals surface area contributed by atoms with Crippen LogP contribution in [0.25, 0.3) is 0 Å². The van der Waals surface area contributed by atoms with E-state index in [1.807, 2.05) is 0 Å². The highest BCUT2D eigenvalue weighted by Crippen LogP contribution is 2.28. The third-order valence-corrected chi connectivity index (χ3v) is 1.44. The van der Waals surface area contributed by atoms with Gasteiger partial charge in [-0.15, -0.1) is 0 Å². The third kappa shape index (κ3) is 1.62. The van der Waals surface area contributed by atoms with Gasteiger partial charge in [0.05, 0.1) is 5.56 Å². The molecule has 1 heterocycles. The molecule has 0 aliphatic rings. The smallest absolute Gasteiger partial charge is 0.183 e. The quantitative estimate of drug-likeness (QED) is 0.654. The minimum atomic E-state index is -1.75. The van der Waals surface area contributed by atoms with Crippen molar-refractivity contribution < 1.29 is 19.1 Å². The minimum Gasteiger partial charge on any atom is -0.364 e. The van der Waals surface area contributed by atoms with Gasteiger partial charge in [0.25, 0.3) is 0 Å². The van der Waals surface area contributed by atoms with Crippen LogP contribution < -0.4 is 0 Å². The Morgan fingerprint density at radius 1 is 1.58 bits per heavy atom. The van der Waals surface area contributed by atoms with Gasteiger partial charge in [0.2, 0.25) is 0 Å². The Balaban J connectivity index is 3.08. The molecule has 0 amide bonds. The van der Waals surface area contributed by atoms with Crippen LogP contribution in [0.5, 0.6) is 0 Å². The number of halogens is 1. The number of rotatable bonds is 2. The van der Waals surface area contributed by atoms with E-state index in [4.69, 9.17) is 10.2 Å². The fourth-order valence-corrected chi connectivity index (χ4v) is 0.879. The summed E-state index contributed by atoms with van der Waals surface area (Å²) in [5, 5.41) is 20.8. The first-order valence-electron chi connectivity index (χ1n) is 3.42. The van der Waals surface area contributed by atoms with Gasteiger partial charge in [0.1, 0.15) is 12.0 Å². The zero-order valence-electron chi connectivity index (χ0n) is 6.78. The van der Waals surface area contributed by atoms with Gasteiger partial charge in [-0.1, -0.05) is 5.16 Å². The van der Waals surface area contributed by atoms with Crippen LogP contribution in [0.1, 0.15) is 31.4 Å². The van der Waals surface area contributed by atoms with E-state index in [0.717, 1.165) is 6.26 Å². The standard InChI is InChI=1S/C7H10FNO3/c1-7(2,8)5-4(6(10)11)3-12-9-5/h3,6,10-11H,1-2H3. The summed E-state index contributed by atoms with van der Waals surface area (Å²) in [4.78, 5) is 0. The van der Waals surface area contributed by atoms with Gasteiger partial charge < -0.3 is 14.7 Å². The zero-order chi connectivity index (χ0) is 9.35. The molecule has 5 heteroatoms. The molecule has 1 aromatic heterocycles. The van der Waals surface area contributed by atoms with Gasteiger partial charge in [-0.25, -0.2) is 4.39 Å². The van der Waals surface area contributed by atoms with Crippen LogP contribution in [0.4, 0.5) is 4.39 Å². The van der Waals surface area contributed by atoms with E-state index in [1.54, 1.807) is 0 Å². The predicted molar refractivity (Wildman–Crippen MR) is 37.8 cm³/mol. The van der Waals surface area contributed by atoms with Crippen molar-refractivity contribution in [2.24, 2.45) is 0 Å². The van der Waals surface area contributed by atoms with Crippen LogP contribution in [-0.4, -0.2) is 15.4 Å². The lowest BCUT2D eigenvalue weighted by Gasteiger charge is -2.12. The number of hydrogen-bond donors (Lipinski definition) is 2. The van der Waals surface area contributed by atoms with Gasteiger partial charge in [-0.3, -0.25) is 0 Å². The van der Waals surface area contributed by atoms with E-state index in [0.29, 0.717) is 0 Å². The Morgan fingerprint density at radius 3 is 2.50 bits per heavy atom. The van der Waals surface area contributed by atoms with E-state index >= 15 is 0 Å². The first kappa shape index (κ1) is 9.15. The van der Waals surface area contributed by atoms with E-state index in [2.05, 4.69) is 9.68 Å². The number of hydrogen-bond acceptors (Lipinski definition) is 4. The fraction of sp³-hybridized carbons (Fsp3) is 0.571. The van der Waals surface area contributed by atoms with Crippen LogP contribution in [0.2, 0.25) is 0 Å². The molecule has 0 atom stereocenters. The van der Waals surface area contributed by atoms with Crippen molar-refractivity contribution in [2.75, 3.05) is 0 Å². The molecule has 1 aromatic rings. The van der Waals surface area contributed by atoms with Gasteiger partial charge >= 0.3 is 0 Å². The highest BCUT2D eigenvalue weighted by atomic mass is 19.1. The highest BCUT2D eigenvalue weighted by molar-refractivity contribution is 5.21. The van der Waals surface area contributed by atoms with Crippen molar-refractivity contribution in [3.8, 4) is 0 Å². The normalized spacial score (nSPS) is 12.5. The summed E-state index contributed by atoms with van der Waals surface area (Å²) in [5.41, 5.74) is -1.86. The van der Waals surface area contributed by atoms with Crippen LogP contribution in [-0.2, 0) is 5.67 Å². The second kappa shape index (κ2) is 2.84. The largest absolute Gasteiger partial charge is 0.364 e. The molecule has 0 saturated carbocycles. The van der Waals surface area contributed by atoms with Crippen molar-refractivity contribution in [2.45, 2.75) is 25.8 Å². The molecule has 0 saturated heterocycles. The molecule has 4 nitrogen and oxygen atoms in total. The monoisotopic (exact) mass is 175 g/mol. The number of nitrogens with zero attached hydrogens (tertiary/aromatic N) is 1. The molecular formula is C7H10FNO3. The van der Waals surface area contributed by atoms with Crippen LogP contribution >= 0.6 is 0 Å². The second-order valence-electron chi connectivity index (χ2n) is 2.96. The van der Waals surface area contributed by atoms with Crippen LogP contribution in [0, 0.1) is 0 Å². The topological polar surface area (TPSA) is 66.5 Å². The van der Waals surface area contributed by atoms with E-state index in [9.17, 15) is 4.39 Å². The predicted octanol–water partition coefficient (Wildman–Crippen LogP) is 0.862. The van der Waals surface area contributed by atoms with Crippen molar-refractivity contribution in [3.63, 3.8) is 0 Å². The maximum atomic E-state index is 13.2. The molecule has 0 aliphatic carbocycles. The lowest BCUT2D eigenvalue weighted by molar-refractivity contribution is -0.0449. The molecule has 0 bridgehead atoms. The second-order valence-corrected chi connectivity index (χ2v) is 2.96. The fourth-order valence-electron chi connectivity index (χ4n) is 0.879. The number of aliphatic hydroxyl groups excluding tert-OH is 1. The molecule has 12 heavy (non-hydrogen) atoms. The van der Waals surface area contributed by atoms with Crippen molar-refractivity contribution in [1.29, 1.82) is 0 Å². The lowest BCUT2D eigenvalue weighted by atomic mass is 10.0. The van der Waals surface area contributed by atoms with Gasteiger partial charge in [-0.05, 0) is 13.8 Å². The Hall–Kier alpha value is -0.940. The van der Waals surface area contributed by atoms with Crippen molar-refractivity contribution in [1.82, 2.24) is 5.16 Å². The average molecular weight is 175 g/mol. The van der Waals surface area contributed by atoms with E-state index in [-0.39, 0.29) is 11.3 Å². The molecule has 0 fully saturated rings. The maximum Gasteiger partial charge on any atom is 0.183 e. The summed E-state index contributed by atoms with van der Waals surface area (Å²) in [7, 11) is 0. The summed E-state index contributed by atoms with van der Waals surface area (Å²) in [5.74, 6) is 0. The number of alkyl halides is 1. The van der Waals surface area contributed by atoms with E-state index in [1.165, 1.54) is 13.8 Å². The van der Waals surface area contributed by atoms with Crippen molar-refractivity contribution >= 4 is 0 Å². The number of aliphatic hydroxyl groups is 2. The Morgan fingerprint density at radius 2 is 2.17 bits per heavy atom. The summed E-state index contributed by atoms with van der Waals surface area (Å²) in [6, 6.07) is 0. The van der Waals surface area contributed by atoms with Gasteiger partial charge in [0.15, 0.2) is 12.0 Å². The third-order valence-electron chi connectivity index (χ3n) is 1.44. The number of aromatic nitrogens is 1. The molecular weight excluding hydrogens is 165 g/mol. The van der Waals surface area contributed by atoms with Crippen LogP contribution in [0.3, 0.4) is 0 Å². The van der Waals surface area contributed by atoms with E-state index < -0.39 is 12.0 Å². The zero-order valence-corrected chi connectivity index (χ0v) is 6.78. The Kier molecular flexibility index (Phi) is 2.16. The SMILES string of the molecule is CC(C)(F)c1nocc1C(O)O. The minimum absolute atomic E-state index is 0.0394. The molecule has 0 aromatic carbocycles. The molecule has 2 N–H and O–H groups in total. The molecule has 0 unspecified atom stereocenters. The first-order valence-corrected chi connectivity index (χ1v) is 3.42. The molecule has 1 rings (SSSR count). The average Bonchev–Trinajstić information content (AvgIpc) is 2.30. The molecule has 0 radical (unpaired) electrons. The summed E-state index contributed by atoms with van der Waals surface area (Å²) < 4.78 is 17.7. The summed E-state index contributed by atoms with van der Waals surface area (Å²) in [6.45, 7) is 2.52. The summed E-state index contributed by atoms with van der Waals surface area (Å²) in [6.07, 6.45) is -0.734. The summed E-state index contributed by atoms with van der Waals surface area (Å²) >= 11 is 0. The first-order chi connectivity index (χ1) is 5.43. The molecule has 0 spiro atoms. The van der Waals surface area contributed by atoms with Gasteiger partial charge in [0, 0.05) is 0 Å². The van der Waals surface area contributed by atoms with Gasteiger partial charge in [-0.2, -0.15) is 0 Å².